The number of imidazole rings is 1. The summed E-state index contributed by atoms with van der Waals surface area (Å²) in [6.45, 7) is 1.97. The van der Waals surface area contributed by atoms with Gasteiger partial charge >= 0.3 is 0 Å². The van der Waals surface area contributed by atoms with Crippen LogP contribution in [-0.2, 0) is 0 Å². The second kappa shape index (κ2) is 7.70. The molecule has 0 aliphatic rings. The molecule has 0 atom stereocenters. The first-order valence-electron chi connectivity index (χ1n) is 9.64. The summed E-state index contributed by atoms with van der Waals surface area (Å²) in [6.07, 6.45) is 3.49. The third-order valence-corrected chi connectivity index (χ3v) is 5.87. The van der Waals surface area contributed by atoms with Gasteiger partial charge in [-0.15, -0.1) is 11.3 Å². The minimum absolute atomic E-state index is 0.112. The van der Waals surface area contributed by atoms with Crippen molar-refractivity contribution >= 4 is 22.8 Å². The van der Waals surface area contributed by atoms with E-state index in [0.717, 1.165) is 27.6 Å². The highest BCUT2D eigenvalue weighted by Gasteiger charge is 2.15. The van der Waals surface area contributed by atoms with Crippen LogP contribution in [0.1, 0.15) is 21.7 Å². The van der Waals surface area contributed by atoms with Crippen LogP contribution in [-0.4, -0.2) is 20.3 Å². The number of rotatable bonds is 5. The van der Waals surface area contributed by atoms with E-state index in [4.69, 9.17) is 10.2 Å². The lowest BCUT2D eigenvalue weighted by Gasteiger charge is -2.02. The average Bonchev–Trinajstić information content (AvgIpc) is 3.54. The maximum Gasteiger partial charge on any atom is 0.212 e. The van der Waals surface area contributed by atoms with Crippen LogP contribution in [0.3, 0.4) is 0 Å². The zero-order valence-corrected chi connectivity index (χ0v) is 17.5. The van der Waals surface area contributed by atoms with Crippen LogP contribution in [0.15, 0.2) is 83.0 Å². The molecule has 0 spiro atoms. The number of hydrogen-bond donors (Lipinski definition) is 1. The lowest BCUT2D eigenvalue weighted by Crippen LogP contribution is -2.01. The Morgan fingerprint density at radius 2 is 1.74 bits per heavy atom. The number of nitrogen functional groups attached to an aromatic ring is 1. The molecule has 31 heavy (non-hydrogen) atoms. The molecule has 6 nitrogen and oxygen atoms in total. The lowest BCUT2D eigenvalue weighted by atomic mass is 10.1. The first-order valence-corrected chi connectivity index (χ1v) is 10.5. The zero-order chi connectivity index (χ0) is 21.4. The molecule has 152 valence electrons. The molecule has 0 saturated heterocycles. The first-order chi connectivity index (χ1) is 15.1. The summed E-state index contributed by atoms with van der Waals surface area (Å²) in [6, 6.07) is 18.6. The summed E-state index contributed by atoms with van der Waals surface area (Å²) in [5.74, 6) is 1.31. The van der Waals surface area contributed by atoms with Crippen LogP contribution >= 0.6 is 11.3 Å². The molecule has 0 aliphatic heterocycles. The Morgan fingerprint density at radius 1 is 1.00 bits per heavy atom. The molecule has 2 N–H and O–H groups in total. The molecule has 3 heterocycles. The number of furan rings is 1. The largest absolute Gasteiger partial charge is 0.440 e. The van der Waals surface area contributed by atoms with E-state index >= 15 is 0 Å². The smallest absolute Gasteiger partial charge is 0.212 e. The van der Waals surface area contributed by atoms with Gasteiger partial charge in [0.1, 0.15) is 22.8 Å². The molecule has 0 unspecified atom stereocenters. The number of benzene rings is 2. The van der Waals surface area contributed by atoms with Crippen molar-refractivity contribution in [1.82, 2.24) is 14.5 Å². The minimum Gasteiger partial charge on any atom is -0.440 e. The van der Waals surface area contributed by atoms with Crippen LogP contribution in [0.2, 0.25) is 0 Å². The number of ketones is 1. The molecule has 3 aromatic heterocycles. The fourth-order valence-corrected chi connectivity index (χ4v) is 4.08. The molecule has 5 rings (SSSR count). The normalized spacial score (nSPS) is 11.0. The third kappa shape index (κ3) is 3.67. The molecule has 0 fully saturated rings. The minimum atomic E-state index is -0.112. The van der Waals surface area contributed by atoms with Crippen molar-refractivity contribution in [3.8, 4) is 27.8 Å². The Bertz CT molecular complexity index is 1360. The number of anilines is 1. The molecule has 0 saturated carbocycles. The molecule has 7 heteroatoms. The van der Waals surface area contributed by atoms with Crippen LogP contribution in [0.25, 0.3) is 27.8 Å². The molecular formula is C24H18N4O2S. The molecule has 0 aliphatic carbocycles. The number of nitrogens with zero attached hydrogens (tertiary/aromatic N) is 3. The Balaban J connectivity index is 1.36. The second-order valence-electron chi connectivity index (χ2n) is 7.11. The van der Waals surface area contributed by atoms with E-state index in [1.807, 2.05) is 60.0 Å². The SMILES string of the molecule is Cc1cncn1-c1ccc(-c2ccc(C(=O)c3csc(-c4ccc(N)cc4)n3)cc2)o1. The van der Waals surface area contributed by atoms with Gasteiger partial charge in [-0.1, -0.05) is 24.3 Å². The van der Waals surface area contributed by atoms with Gasteiger partial charge in [0.25, 0.3) is 0 Å². The van der Waals surface area contributed by atoms with Gasteiger partial charge in [-0.25, -0.2) is 9.97 Å². The monoisotopic (exact) mass is 426 g/mol. The van der Waals surface area contributed by atoms with Crippen molar-refractivity contribution in [3.05, 3.63) is 95.5 Å². The number of aromatic nitrogens is 3. The molecule has 2 aromatic carbocycles. The van der Waals surface area contributed by atoms with Gasteiger partial charge < -0.3 is 10.2 Å². The number of aryl methyl sites for hydroxylation is 1. The van der Waals surface area contributed by atoms with Gasteiger partial charge in [0, 0.05) is 45.7 Å². The van der Waals surface area contributed by atoms with Crippen LogP contribution in [0, 0.1) is 6.92 Å². The average molecular weight is 427 g/mol. The van der Waals surface area contributed by atoms with Gasteiger partial charge in [0.05, 0.1) is 0 Å². The summed E-state index contributed by atoms with van der Waals surface area (Å²) in [4.78, 5) is 21.5. The summed E-state index contributed by atoms with van der Waals surface area (Å²) in [5, 5.41) is 2.58. The maximum atomic E-state index is 12.9. The topological polar surface area (TPSA) is 86.9 Å². The molecule has 0 amide bonds. The van der Waals surface area contributed by atoms with Crippen molar-refractivity contribution in [1.29, 1.82) is 0 Å². The van der Waals surface area contributed by atoms with E-state index in [0.29, 0.717) is 22.8 Å². The van der Waals surface area contributed by atoms with Crippen LogP contribution in [0.5, 0.6) is 0 Å². The highest BCUT2D eigenvalue weighted by Crippen LogP contribution is 2.28. The van der Waals surface area contributed by atoms with Crippen molar-refractivity contribution in [2.45, 2.75) is 6.92 Å². The zero-order valence-electron chi connectivity index (χ0n) is 16.6. The number of carbonyl (C=O) groups is 1. The van der Waals surface area contributed by atoms with Crippen LogP contribution < -0.4 is 5.73 Å². The van der Waals surface area contributed by atoms with Gasteiger partial charge in [-0.2, -0.15) is 0 Å². The summed E-state index contributed by atoms with van der Waals surface area (Å²) >= 11 is 1.44. The standard InChI is InChI=1S/C24H18N4O2S/c1-15-12-26-14-28(15)22-11-10-21(30-22)16-2-4-17(5-3-16)23(29)20-13-31-24(27-20)18-6-8-19(25)9-7-18/h2-14H,25H2,1H3. The number of nitrogens with two attached hydrogens (primary N) is 1. The highest BCUT2D eigenvalue weighted by atomic mass is 32.1. The number of thiazole rings is 1. The van der Waals surface area contributed by atoms with E-state index in [2.05, 4.69) is 9.97 Å². The molecule has 5 aromatic rings. The summed E-state index contributed by atoms with van der Waals surface area (Å²) in [5.41, 5.74) is 10.3. The van der Waals surface area contributed by atoms with E-state index < -0.39 is 0 Å². The first kappa shape index (κ1) is 19.0. The maximum absolute atomic E-state index is 12.9. The van der Waals surface area contributed by atoms with Gasteiger partial charge in [-0.05, 0) is 37.3 Å². The van der Waals surface area contributed by atoms with Crippen molar-refractivity contribution in [2.24, 2.45) is 0 Å². The Labute approximate surface area is 182 Å². The van der Waals surface area contributed by atoms with Crippen molar-refractivity contribution in [2.75, 3.05) is 5.73 Å². The molecule has 0 bridgehead atoms. The highest BCUT2D eigenvalue weighted by molar-refractivity contribution is 7.13. The Morgan fingerprint density at radius 3 is 2.45 bits per heavy atom. The predicted octanol–water partition coefficient (Wildman–Crippen LogP) is 5.38. The lowest BCUT2D eigenvalue weighted by molar-refractivity contribution is 0.103. The number of hydrogen-bond acceptors (Lipinski definition) is 6. The quantitative estimate of drug-likeness (QED) is 0.301. The van der Waals surface area contributed by atoms with E-state index in [1.54, 1.807) is 30.0 Å². The van der Waals surface area contributed by atoms with E-state index in [1.165, 1.54) is 11.3 Å². The Hall–Kier alpha value is -3.97. The second-order valence-corrected chi connectivity index (χ2v) is 7.97. The van der Waals surface area contributed by atoms with Gasteiger partial charge in [-0.3, -0.25) is 9.36 Å². The third-order valence-electron chi connectivity index (χ3n) is 4.98. The molecule has 0 radical (unpaired) electrons. The van der Waals surface area contributed by atoms with Crippen molar-refractivity contribution in [3.63, 3.8) is 0 Å². The fourth-order valence-electron chi connectivity index (χ4n) is 3.27. The number of carbonyl (C=O) groups excluding carboxylic acids is 1. The predicted molar refractivity (Wildman–Crippen MR) is 121 cm³/mol. The van der Waals surface area contributed by atoms with Gasteiger partial charge in [0.15, 0.2) is 0 Å². The summed E-state index contributed by atoms with van der Waals surface area (Å²) < 4.78 is 7.84. The van der Waals surface area contributed by atoms with Gasteiger partial charge in [0.2, 0.25) is 11.7 Å². The van der Waals surface area contributed by atoms with E-state index in [9.17, 15) is 4.79 Å². The van der Waals surface area contributed by atoms with Crippen LogP contribution in [0.4, 0.5) is 5.69 Å². The summed E-state index contributed by atoms with van der Waals surface area (Å²) in [7, 11) is 0. The fraction of sp³-hybridized carbons (Fsp3) is 0.0417. The van der Waals surface area contributed by atoms with E-state index in [-0.39, 0.29) is 5.78 Å². The van der Waals surface area contributed by atoms with Crippen molar-refractivity contribution < 1.29 is 9.21 Å². The molecular weight excluding hydrogens is 408 g/mol. The Kier molecular flexibility index (Phi) is 4.72.